The molecule has 3 rings (SSSR count). The number of nitrogens with zero attached hydrogens (tertiary/aromatic N) is 3. The number of rotatable bonds is 2. The normalized spacial score (nSPS) is 19.9. The average Bonchev–Trinajstić information content (AvgIpc) is 2.77. The van der Waals surface area contributed by atoms with Crippen molar-refractivity contribution in [2.45, 2.75) is 18.4 Å². The molecule has 2 N–H and O–H groups in total. The number of carbonyl (C=O) groups is 3. The van der Waals surface area contributed by atoms with Gasteiger partial charge in [-0.2, -0.15) is 0 Å². The van der Waals surface area contributed by atoms with Crippen molar-refractivity contribution in [2.24, 2.45) is 0 Å². The first-order chi connectivity index (χ1) is 11.4. The van der Waals surface area contributed by atoms with Crippen LogP contribution < -0.4 is 15.1 Å². The van der Waals surface area contributed by atoms with Crippen molar-refractivity contribution in [2.75, 3.05) is 37.0 Å². The van der Waals surface area contributed by atoms with Gasteiger partial charge >= 0.3 is 12.1 Å². The average molecular weight is 332 g/mol. The second-order valence-corrected chi connectivity index (χ2v) is 6.12. The Hall–Kier alpha value is -2.61. The molecule has 2 saturated heterocycles. The van der Waals surface area contributed by atoms with Crippen molar-refractivity contribution in [3.8, 4) is 0 Å². The number of hydrogen-bond donors (Lipinski definition) is 2. The third kappa shape index (κ3) is 2.30. The lowest BCUT2D eigenvalue weighted by Gasteiger charge is -2.38. The Bertz CT molecular complexity index is 682. The number of carboxylic acid groups (broad SMARTS) is 1. The number of amides is 4. The molecule has 8 heteroatoms. The van der Waals surface area contributed by atoms with Gasteiger partial charge in [-0.3, -0.25) is 19.5 Å². The first kappa shape index (κ1) is 16.3. The van der Waals surface area contributed by atoms with Gasteiger partial charge in [0.2, 0.25) is 0 Å². The van der Waals surface area contributed by atoms with E-state index < -0.39 is 11.6 Å². The first-order valence-electron chi connectivity index (χ1n) is 7.78. The maximum absolute atomic E-state index is 12.7. The van der Waals surface area contributed by atoms with Crippen LogP contribution in [0.25, 0.3) is 0 Å². The summed E-state index contributed by atoms with van der Waals surface area (Å²) < 4.78 is 0. The molecule has 128 valence electrons. The molecule has 0 aromatic heterocycles. The predicted octanol–water partition coefficient (Wildman–Crippen LogP) is 1.32. The number of urea groups is 1. The van der Waals surface area contributed by atoms with Gasteiger partial charge in [-0.05, 0) is 50.2 Å². The molecule has 0 aliphatic carbocycles. The topological polar surface area (TPSA) is 93.2 Å². The van der Waals surface area contributed by atoms with Crippen LogP contribution in [0.3, 0.4) is 0 Å². The number of likely N-dealkylation sites (N-methyl/N-ethyl adjacent to an activating group) is 1. The molecule has 0 unspecified atom stereocenters. The van der Waals surface area contributed by atoms with Gasteiger partial charge in [0.15, 0.2) is 0 Å². The Kier molecular flexibility index (Phi) is 3.92. The minimum atomic E-state index is -1.07. The largest absolute Gasteiger partial charge is 0.465 e. The van der Waals surface area contributed by atoms with Crippen molar-refractivity contribution in [3.05, 3.63) is 24.3 Å². The Labute approximate surface area is 139 Å². The van der Waals surface area contributed by atoms with E-state index in [1.54, 1.807) is 29.2 Å². The van der Waals surface area contributed by atoms with E-state index in [0.29, 0.717) is 37.3 Å². The number of carbonyl (C=O) groups excluding carboxylic acids is 2. The van der Waals surface area contributed by atoms with Gasteiger partial charge in [-0.1, -0.05) is 0 Å². The van der Waals surface area contributed by atoms with Gasteiger partial charge in [0.25, 0.3) is 5.91 Å². The van der Waals surface area contributed by atoms with Crippen molar-refractivity contribution in [1.29, 1.82) is 0 Å². The summed E-state index contributed by atoms with van der Waals surface area (Å²) in [5.74, 6) is -0.180. The third-order valence-corrected chi connectivity index (χ3v) is 4.82. The second kappa shape index (κ2) is 5.79. The molecule has 8 nitrogen and oxygen atoms in total. The van der Waals surface area contributed by atoms with E-state index in [-0.39, 0.29) is 11.9 Å². The zero-order valence-corrected chi connectivity index (χ0v) is 13.7. The minimum Gasteiger partial charge on any atom is -0.465 e. The smallest absolute Gasteiger partial charge is 0.411 e. The molecule has 0 radical (unpaired) electrons. The second-order valence-electron chi connectivity index (χ2n) is 6.12. The maximum atomic E-state index is 12.7. The van der Waals surface area contributed by atoms with Crippen LogP contribution in [0.4, 0.5) is 21.0 Å². The molecule has 2 aliphatic rings. The number of piperidine rings is 1. The van der Waals surface area contributed by atoms with E-state index in [4.69, 9.17) is 5.11 Å². The van der Waals surface area contributed by atoms with Crippen LogP contribution in [0.15, 0.2) is 24.3 Å². The zero-order valence-electron chi connectivity index (χ0n) is 13.7. The third-order valence-electron chi connectivity index (χ3n) is 4.82. The van der Waals surface area contributed by atoms with Crippen LogP contribution in [0.2, 0.25) is 0 Å². The Balaban J connectivity index is 1.98. The molecule has 4 amide bonds. The van der Waals surface area contributed by atoms with Gasteiger partial charge in [0, 0.05) is 25.5 Å². The van der Waals surface area contributed by atoms with E-state index in [2.05, 4.69) is 5.32 Å². The number of anilines is 2. The molecule has 1 spiro atoms. The molecular weight excluding hydrogens is 312 g/mol. The van der Waals surface area contributed by atoms with E-state index in [9.17, 15) is 14.4 Å². The highest BCUT2D eigenvalue weighted by Gasteiger charge is 2.56. The Morgan fingerprint density at radius 3 is 2.33 bits per heavy atom. The van der Waals surface area contributed by atoms with Crippen LogP contribution >= 0.6 is 0 Å². The molecular formula is C16H20N4O4. The van der Waals surface area contributed by atoms with Gasteiger partial charge in [-0.15, -0.1) is 0 Å². The Morgan fingerprint density at radius 1 is 1.21 bits per heavy atom. The highest BCUT2D eigenvalue weighted by Crippen LogP contribution is 2.39. The van der Waals surface area contributed by atoms with Gasteiger partial charge in [0.1, 0.15) is 5.54 Å². The van der Waals surface area contributed by atoms with E-state index >= 15 is 0 Å². The lowest BCUT2D eigenvalue weighted by molar-refractivity contribution is -0.130. The van der Waals surface area contributed by atoms with E-state index in [1.165, 1.54) is 19.0 Å². The SMILES string of the molecule is CN1C(=O)N(c2ccc(N(C)C(=O)O)cc2)C2(CCNCC2)C1=O. The summed E-state index contributed by atoms with van der Waals surface area (Å²) in [6.45, 7) is 1.34. The van der Waals surface area contributed by atoms with Crippen molar-refractivity contribution in [1.82, 2.24) is 10.2 Å². The van der Waals surface area contributed by atoms with Crippen molar-refractivity contribution >= 4 is 29.4 Å². The summed E-state index contributed by atoms with van der Waals surface area (Å²) >= 11 is 0. The van der Waals surface area contributed by atoms with Crippen molar-refractivity contribution < 1.29 is 19.5 Å². The van der Waals surface area contributed by atoms with Gasteiger partial charge < -0.3 is 10.4 Å². The highest BCUT2D eigenvalue weighted by molar-refractivity contribution is 6.16. The summed E-state index contributed by atoms with van der Waals surface area (Å²) in [4.78, 5) is 40.2. The summed E-state index contributed by atoms with van der Waals surface area (Å²) in [6.07, 6.45) is 0.0435. The molecule has 0 atom stereocenters. The standard InChI is InChI=1S/C16H20N4O4/c1-18(15(23)24)11-3-5-12(6-4-11)20-14(22)19(2)13(21)16(20)7-9-17-10-8-16/h3-6,17H,7-10H2,1-2H3,(H,23,24). The van der Waals surface area contributed by atoms with Crippen LogP contribution in [0.1, 0.15) is 12.8 Å². The minimum absolute atomic E-state index is 0.180. The number of hydrogen-bond acceptors (Lipinski definition) is 4. The summed E-state index contributed by atoms with van der Waals surface area (Å²) in [7, 11) is 2.95. The molecule has 0 saturated carbocycles. The number of nitrogens with one attached hydrogen (secondary N) is 1. The molecule has 2 aliphatic heterocycles. The van der Waals surface area contributed by atoms with Crippen molar-refractivity contribution in [3.63, 3.8) is 0 Å². The maximum Gasteiger partial charge on any atom is 0.411 e. The number of imide groups is 1. The van der Waals surface area contributed by atoms with Gasteiger partial charge in [-0.25, -0.2) is 9.59 Å². The summed E-state index contributed by atoms with van der Waals surface area (Å²) in [5, 5.41) is 12.2. The van der Waals surface area contributed by atoms with Gasteiger partial charge in [0.05, 0.1) is 0 Å². The van der Waals surface area contributed by atoms with Crippen LogP contribution in [0.5, 0.6) is 0 Å². The van der Waals surface area contributed by atoms with Crippen LogP contribution in [-0.2, 0) is 4.79 Å². The molecule has 2 fully saturated rings. The van der Waals surface area contributed by atoms with E-state index in [0.717, 1.165) is 4.90 Å². The molecule has 0 bridgehead atoms. The molecule has 24 heavy (non-hydrogen) atoms. The van der Waals surface area contributed by atoms with Crippen LogP contribution in [0, 0.1) is 0 Å². The van der Waals surface area contributed by atoms with E-state index in [1.807, 2.05) is 0 Å². The fraction of sp³-hybridized carbons (Fsp3) is 0.438. The molecule has 2 heterocycles. The lowest BCUT2D eigenvalue weighted by Crippen LogP contribution is -2.56. The molecule has 1 aromatic rings. The quantitative estimate of drug-likeness (QED) is 0.797. The Morgan fingerprint density at radius 2 is 1.79 bits per heavy atom. The van der Waals surface area contributed by atoms with Crippen LogP contribution in [-0.4, -0.2) is 60.8 Å². The fourth-order valence-corrected chi connectivity index (χ4v) is 3.40. The summed E-state index contributed by atoms with van der Waals surface area (Å²) in [5.41, 5.74) is 0.246. The first-order valence-corrected chi connectivity index (χ1v) is 7.78. The zero-order chi connectivity index (χ0) is 17.5. The molecule has 1 aromatic carbocycles. The monoisotopic (exact) mass is 332 g/mol. The number of benzene rings is 1. The lowest BCUT2D eigenvalue weighted by atomic mass is 9.86. The highest BCUT2D eigenvalue weighted by atomic mass is 16.4. The summed E-state index contributed by atoms with van der Waals surface area (Å²) in [6, 6.07) is 6.29. The fourth-order valence-electron chi connectivity index (χ4n) is 3.40. The predicted molar refractivity (Wildman–Crippen MR) is 88.3 cm³/mol.